The van der Waals surface area contributed by atoms with E-state index in [1.807, 2.05) is 30.0 Å². The maximum absolute atomic E-state index is 14.1. The molecule has 5 heteroatoms. The third-order valence-corrected chi connectivity index (χ3v) is 3.43. The Morgan fingerprint density at radius 1 is 1.35 bits per heavy atom. The number of hydrogen-bond donors (Lipinski definition) is 1. The predicted octanol–water partition coefficient (Wildman–Crippen LogP) is 3.13. The Kier molecular flexibility index (Phi) is 3.50. The smallest absolute Gasteiger partial charge is 0.224 e. The zero-order chi connectivity index (χ0) is 13.9. The number of aromatic nitrogens is 2. The molecular formula is C15H17FN4. The van der Waals surface area contributed by atoms with E-state index in [9.17, 15) is 4.39 Å². The molecule has 0 saturated carbocycles. The number of para-hydroxylation sites is 1. The third kappa shape index (κ3) is 2.31. The number of fused-ring (bicyclic) bond motifs is 1. The van der Waals surface area contributed by atoms with Gasteiger partial charge in [0.2, 0.25) is 5.95 Å². The highest BCUT2D eigenvalue weighted by atomic mass is 19.1. The van der Waals surface area contributed by atoms with Crippen molar-refractivity contribution in [3.05, 3.63) is 41.8 Å². The van der Waals surface area contributed by atoms with Crippen molar-refractivity contribution >= 4 is 17.5 Å². The van der Waals surface area contributed by atoms with Crippen LogP contribution in [0.5, 0.6) is 0 Å². The first-order valence-corrected chi connectivity index (χ1v) is 6.91. The molecule has 0 fully saturated rings. The minimum Gasteiger partial charge on any atom is -0.354 e. The fraction of sp³-hybridized carbons (Fsp3) is 0.333. The SMILES string of the molecule is CCNc1ncc(F)c(N2CCCc3ccccc32)n1. The molecule has 1 N–H and O–H groups in total. The van der Waals surface area contributed by atoms with Crippen molar-refractivity contribution in [2.24, 2.45) is 0 Å². The number of halogens is 1. The summed E-state index contributed by atoms with van der Waals surface area (Å²) in [5, 5.41) is 3.02. The van der Waals surface area contributed by atoms with Crippen molar-refractivity contribution in [3.63, 3.8) is 0 Å². The highest BCUT2D eigenvalue weighted by molar-refractivity contribution is 5.66. The van der Waals surface area contributed by atoms with Crippen molar-refractivity contribution in [3.8, 4) is 0 Å². The summed E-state index contributed by atoms with van der Waals surface area (Å²) < 4.78 is 14.1. The largest absolute Gasteiger partial charge is 0.354 e. The lowest BCUT2D eigenvalue weighted by Gasteiger charge is -2.30. The monoisotopic (exact) mass is 272 g/mol. The van der Waals surface area contributed by atoms with Crippen LogP contribution in [0.25, 0.3) is 0 Å². The molecule has 1 aliphatic rings. The van der Waals surface area contributed by atoms with Gasteiger partial charge < -0.3 is 10.2 Å². The summed E-state index contributed by atoms with van der Waals surface area (Å²) in [7, 11) is 0. The fourth-order valence-electron chi connectivity index (χ4n) is 2.54. The highest BCUT2D eigenvalue weighted by Gasteiger charge is 2.22. The van der Waals surface area contributed by atoms with Gasteiger partial charge in [0, 0.05) is 18.8 Å². The first-order chi connectivity index (χ1) is 9.79. The first-order valence-electron chi connectivity index (χ1n) is 6.91. The van der Waals surface area contributed by atoms with Gasteiger partial charge in [0.05, 0.1) is 6.20 Å². The molecule has 20 heavy (non-hydrogen) atoms. The minimum atomic E-state index is -0.386. The average molecular weight is 272 g/mol. The molecule has 0 amide bonds. The molecule has 1 aromatic carbocycles. The molecule has 0 saturated heterocycles. The van der Waals surface area contributed by atoms with Crippen LogP contribution >= 0.6 is 0 Å². The summed E-state index contributed by atoms with van der Waals surface area (Å²) in [5.41, 5.74) is 2.28. The van der Waals surface area contributed by atoms with Crippen LogP contribution in [0.1, 0.15) is 18.9 Å². The van der Waals surface area contributed by atoms with Crippen LogP contribution in [0.2, 0.25) is 0 Å². The summed E-state index contributed by atoms with van der Waals surface area (Å²) in [6.45, 7) is 3.45. The lowest BCUT2D eigenvalue weighted by Crippen LogP contribution is -2.26. The molecule has 2 heterocycles. The minimum absolute atomic E-state index is 0.350. The van der Waals surface area contributed by atoms with Crippen molar-refractivity contribution in [2.75, 3.05) is 23.3 Å². The molecule has 0 aliphatic carbocycles. The summed E-state index contributed by atoms with van der Waals surface area (Å²) in [4.78, 5) is 10.2. The lowest BCUT2D eigenvalue weighted by molar-refractivity contribution is 0.606. The predicted molar refractivity (Wildman–Crippen MR) is 77.9 cm³/mol. The van der Waals surface area contributed by atoms with Crippen molar-refractivity contribution in [2.45, 2.75) is 19.8 Å². The normalized spacial score (nSPS) is 14.0. The van der Waals surface area contributed by atoms with Crippen LogP contribution in [-0.4, -0.2) is 23.1 Å². The van der Waals surface area contributed by atoms with Gasteiger partial charge in [0.25, 0.3) is 0 Å². The number of nitrogens with zero attached hydrogens (tertiary/aromatic N) is 3. The van der Waals surface area contributed by atoms with Gasteiger partial charge in [-0.25, -0.2) is 9.37 Å². The van der Waals surface area contributed by atoms with E-state index in [4.69, 9.17) is 0 Å². The number of anilines is 3. The highest BCUT2D eigenvalue weighted by Crippen LogP contribution is 2.33. The summed E-state index contributed by atoms with van der Waals surface area (Å²) in [5.74, 6) is 0.429. The number of hydrogen-bond acceptors (Lipinski definition) is 4. The van der Waals surface area contributed by atoms with Crippen LogP contribution < -0.4 is 10.2 Å². The number of benzene rings is 1. The topological polar surface area (TPSA) is 41.1 Å². The van der Waals surface area contributed by atoms with E-state index in [0.29, 0.717) is 18.3 Å². The Morgan fingerprint density at radius 3 is 3.05 bits per heavy atom. The summed E-state index contributed by atoms with van der Waals surface area (Å²) in [6.07, 6.45) is 3.26. The van der Waals surface area contributed by atoms with E-state index in [-0.39, 0.29) is 5.82 Å². The number of nitrogens with one attached hydrogen (secondary N) is 1. The second kappa shape index (κ2) is 5.45. The molecule has 0 spiro atoms. The third-order valence-electron chi connectivity index (χ3n) is 3.43. The standard InChI is InChI=1S/C15H17FN4/c1-2-17-15-18-10-12(16)14(19-15)20-9-5-7-11-6-3-4-8-13(11)20/h3-4,6,8,10H,2,5,7,9H2,1H3,(H,17,18,19). The summed E-state index contributed by atoms with van der Waals surface area (Å²) >= 11 is 0. The van der Waals surface area contributed by atoms with Gasteiger partial charge in [0.15, 0.2) is 11.6 Å². The number of aryl methyl sites for hydroxylation is 1. The zero-order valence-corrected chi connectivity index (χ0v) is 11.4. The van der Waals surface area contributed by atoms with Gasteiger partial charge in [-0.05, 0) is 31.4 Å². The Hall–Kier alpha value is -2.17. The molecule has 0 unspecified atom stereocenters. The van der Waals surface area contributed by atoms with E-state index < -0.39 is 0 Å². The lowest BCUT2D eigenvalue weighted by atomic mass is 10.0. The van der Waals surface area contributed by atoms with Crippen molar-refractivity contribution in [1.82, 2.24) is 9.97 Å². The molecule has 2 aromatic rings. The molecule has 0 bridgehead atoms. The molecule has 3 rings (SSSR count). The van der Waals surface area contributed by atoms with Gasteiger partial charge in [-0.15, -0.1) is 0 Å². The van der Waals surface area contributed by atoms with Gasteiger partial charge >= 0.3 is 0 Å². The van der Waals surface area contributed by atoms with E-state index in [2.05, 4.69) is 21.4 Å². The Morgan fingerprint density at radius 2 is 2.20 bits per heavy atom. The second-order valence-corrected chi connectivity index (χ2v) is 4.78. The van der Waals surface area contributed by atoms with Crippen LogP contribution in [0.3, 0.4) is 0 Å². The Bertz CT molecular complexity index is 615. The van der Waals surface area contributed by atoms with Crippen LogP contribution in [0.4, 0.5) is 21.8 Å². The van der Waals surface area contributed by atoms with Crippen LogP contribution in [0.15, 0.2) is 30.5 Å². The quantitative estimate of drug-likeness (QED) is 0.932. The summed E-state index contributed by atoms with van der Waals surface area (Å²) in [6, 6.07) is 8.10. The Balaban J connectivity index is 2.03. The van der Waals surface area contributed by atoms with E-state index in [1.54, 1.807) is 0 Å². The zero-order valence-electron chi connectivity index (χ0n) is 11.4. The molecule has 4 nitrogen and oxygen atoms in total. The van der Waals surface area contributed by atoms with Crippen molar-refractivity contribution < 1.29 is 4.39 Å². The molecule has 1 aromatic heterocycles. The van der Waals surface area contributed by atoms with Gasteiger partial charge in [-0.3, -0.25) is 0 Å². The van der Waals surface area contributed by atoms with E-state index in [0.717, 1.165) is 25.1 Å². The molecule has 0 radical (unpaired) electrons. The molecule has 104 valence electrons. The maximum Gasteiger partial charge on any atom is 0.224 e. The Labute approximate surface area is 117 Å². The first kappa shape index (κ1) is 12.8. The van der Waals surface area contributed by atoms with Crippen LogP contribution in [0, 0.1) is 5.82 Å². The van der Waals surface area contributed by atoms with Gasteiger partial charge in [-0.1, -0.05) is 18.2 Å². The fourth-order valence-corrected chi connectivity index (χ4v) is 2.54. The van der Waals surface area contributed by atoms with Crippen molar-refractivity contribution in [1.29, 1.82) is 0 Å². The second-order valence-electron chi connectivity index (χ2n) is 4.78. The van der Waals surface area contributed by atoms with Gasteiger partial charge in [-0.2, -0.15) is 4.98 Å². The molecule has 1 aliphatic heterocycles. The van der Waals surface area contributed by atoms with Gasteiger partial charge in [0.1, 0.15) is 0 Å². The van der Waals surface area contributed by atoms with Crippen LogP contribution in [-0.2, 0) is 6.42 Å². The molecule has 0 atom stereocenters. The van der Waals surface area contributed by atoms with E-state index >= 15 is 0 Å². The average Bonchev–Trinajstić information content (AvgIpc) is 2.49. The van der Waals surface area contributed by atoms with E-state index in [1.165, 1.54) is 11.8 Å². The maximum atomic E-state index is 14.1. The number of rotatable bonds is 3. The molecular weight excluding hydrogens is 255 g/mol.